The molecule has 1 aliphatic heterocycles. The van der Waals surface area contributed by atoms with Gasteiger partial charge in [0.2, 0.25) is 0 Å². The van der Waals surface area contributed by atoms with Gasteiger partial charge in [0.05, 0.1) is 26.6 Å². The number of amides is 2. The van der Waals surface area contributed by atoms with E-state index in [-0.39, 0.29) is 20.7 Å². The summed E-state index contributed by atoms with van der Waals surface area (Å²) in [6.07, 6.45) is 1.48. The van der Waals surface area contributed by atoms with Gasteiger partial charge < -0.3 is 14.6 Å². The van der Waals surface area contributed by atoms with Gasteiger partial charge in [0.1, 0.15) is 6.61 Å². The maximum absolute atomic E-state index is 12.6. The van der Waals surface area contributed by atoms with Crippen LogP contribution in [0.3, 0.4) is 0 Å². The van der Waals surface area contributed by atoms with Gasteiger partial charge in [-0.2, -0.15) is 0 Å². The predicted octanol–water partition coefficient (Wildman–Crippen LogP) is 3.36. The molecule has 1 aliphatic rings. The Labute approximate surface area is 168 Å². The topological polar surface area (TPSA) is 86.7 Å². The number of anilines is 1. The van der Waals surface area contributed by atoms with Gasteiger partial charge in [0.25, 0.3) is 11.1 Å². The van der Waals surface area contributed by atoms with E-state index in [1.54, 1.807) is 30.3 Å². The van der Waals surface area contributed by atoms with Crippen LogP contribution in [-0.4, -0.2) is 23.7 Å². The third-order valence-corrected chi connectivity index (χ3v) is 4.89. The van der Waals surface area contributed by atoms with E-state index in [9.17, 15) is 19.5 Å². The quantitative estimate of drug-likeness (QED) is 0.686. The summed E-state index contributed by atoms with van der Waals surface area (Å²) in [4.78, 5) is 36.6. The number of imide groups is 1. The molecule has 1 saturated heterocycles. The number of benzene rings is 2. The molecule has 2 aromatic carbocycles. The van der Waals surface area contributed by atoms with E-state index in [1.165, 1.54) is 18.2 Å². The maximum atomic E-state index is 12.6. The van der Waals surface area contributed by atoms with E-state index >= 15 is 0 Å². The van der Waals surface area contributed by atoms with Crippen LogP contribution in [0.5, 0.6) is 5.75 Å². The highest BCUT2D eigenvalue weighted by atomic mass is 35.5. The van der Waals surface area contributed by atoms with Crippen molar-refractivity contribution in [3.05, 3.63) is 63.0 Å². The Morgan fingerprint density at radius 2 is 1.78 bits per heavy atom. The van der Waals surface area contributed by atoms with E-state index in [1.807, 2.05) is 0 Å². The number of para-hydroxylation sites is 1. The number of hydrogen-bond acceptors (Lipinski definition) is 6. The molecule has 0 N–H and O–H groups in total. The Hall–Kier alpha value is -2.48. The van der Waals surface area contributed by atoms with Crippen LogP contribution in [-0.2, 0) is 9.59 Å². The zero-order chi connectivity index (χ0) is 19.6. The number of rotatable bonds is 5. The fraction of sp³-hybridized carbons (Fsp3) is 0.0556. The Morgan fingerprint density at radius 3 is 2.37 bits per heavy atom. The lowest BCUT2D eigenvalue weighted by Gasteiger charge is -2.12. The SMILES string of the molecule is O=C([O-])COc1c(Cl)cc(/C=C2\SC(=O)N(c3ccccc3)C2=O)cc1Cl. The van der Waals surface area contributed by atoms with Crippen LogP contribution in [0.2, 0.25) is 10.0 Å². The minimum atomic E-state index is -1.42. The lowest BCUT2D eigenvalue weighted by Crippen LogP contribution is -2.29. The number of carbonyl (C=O) groups is 3. The number of hydrogen-bond donors (Lipinski definition) is 0. The van der Waals surface area contributed by atoms with Crippen molar-refractivity contribution in [3.8, 4) is 5.75 Å². The molecule has 0 aromatic heterocycles. The monoisotopic (exact) mass is 422 g/mol. The molecular formula is C18H10Cl2NO5S-. The highest BCUT2D eigenvalue weighted by molar-refractivity contribution is 8.19. The second-order valence-corrected chi connectivity index (χ2v) is 7.13. The Bertz CT molecular complexity index is 938. The first kappa shape index (κ1) is 19.3. The van der Waals surface area contributed by atoms with Crippen molar-refractivity contribution in [1.82, 2.24) is 0 Å². The lowest BCUT2D eigenvalue weighted by molar-refractivity contribution is -0.307. The van der Waals surface area contributed by atoms with Crippen LogP contribution in [0.15, 0.2) is 47.4 Å². The van der Waals surface area contributed by atoms with Gasteiger partial charge in [-0.3, -0.25) is 9.59 Å². The van der Waals surface area contributed by atoms with Crippen molar-refractivity contribution >= 4 is 63.8 Å². The summed E-state index contributed by atoms with van der Waals surface area (Å²) in [5.41, 5.74) is 0.940. The molecule has 0 spiro atoms. The summed E-state index contributed by atoms with van der Waals surface area (Å²) in [6.45, 7) is -0.700. The smallest absolute Gasteiger partial charge is 0.298 e. The highest BCUT2D eigenvalue weighted by Gasteiger charge is 2.36. The standard InChI is InChI=1S/C18H11Cl2NO5S/c19-12-6-10(7-13(20)16(12)26-9-15(22)23)8-14-17(24)21(18(25)27-14)11-4-2-1-3-5-11/h1-8H,9H2,(H,22,23)/p-1/b14-8-. The third kappa shape index (κ3) is 4.27. The van der Waals surface area contributed by atoms with Crippen molar-refractivity contribution in [2.75, 3.05) is 11.5 Å². The van der Waals surface area contributed by atoms with Gasteiger partial charge >= 0.3 is 0 Å². The number of thioether (sulfide) groups is 1. The van der Waals surface area contributed by atoms with Crippen LogP contribution >= 0.6 is 35.0 Å². The molecule has 0 aliphatic carbocycles. The van der Waals surface area contributed by atoms with E-state index in [0.717, 1.165) is 16.7 Å². The second-order valence-electron chi connectivity index (χ2n) is 5.33. The summed E-state index contributed by atoms with van der Waals surface area (Å²) >= 11 is 12.9. The number of carboxylic acid groups (broad SMARTS) is 1. The van der Waals surface area contributed by atoms with E-state index < -0.39 is 23.7 Å². The molecule has 0 atom stereocenters. The maximum Gasteiger partial charge on any atom is 0.298 e. The molecule has 138 valence electrons. The molecule has 27 heavy (non-hydrogen) atoms. The number of carbonyl (C=O) groups excluding carboxylic acids is 3. The fourth-order valence-corrected chi connectivity index (χ4v) is 3.80. The van der Waals surface area contributed by atoms with Gasteiger partial charge in [0, 0.05) is 0 Å². The fourth-order valence-electron chi connectivity index (χ4n) is 2.35. The average molecular weight is 423 g/mol. The van der Waals surface area contributed by atoms with Crippen LogP contribution in [0.4, 0.5) is 10.5 Å². The second kappa shape index (κ2) is 8.04. The molecule has 0 saturated carbocycles. The minimum absolute atomic E-state index is 0.00271. The van der Waals surface area contributed by atoms with Gasteiger partial charge in [-0.25, -0.2) is 4.90 Å². The third-order valence-electron chi connectivity index (χ3n) is 3.46. The Balaban J connectivity index is 1.88. The van der Waals surface area contributed by atoms with Gasteiger partial charge in [-0.05, 0) is 47.7 Å². The molecule has 1 heterocycles. The number of ether oxygens (including phenoxy) is 1. The van der Waals surface area contributed by atoms with Crippen molar-refractivity contribution in [2.24, 2.45) is 0 Å². The Kier molecular flexibility index (Phi) is 5.74. The summed E-state index contributed by atoms with van der Waals surface area (Å²) < 4.78 is 4.99. The first-order valence-corrected chi connectivity index (χ1v) is 9.09. The van der Waals surface area contributed by atoms with Gasteiger partial charge in [-0.1, -0.05) is 41.4 Å². The Morgan fingerprint density at radius 1 is 1.15 bits per heavy atom. The molecule has 9 heteroatoms. The molecular weight excluding hydrogens is 413 g/mol. The molecule has 0 radical (unpaired) electrons. The van der Waals surface area contributed by atoms with Crippen LogP contribution in [0, 0.1) is 0 Å². The molecule has 2 aromatic rings. The molecule has 3 rings (SSSR count). The van der Waals surface area contributed by atoms with E-state index in [2.05, 4.69) is 0 Å². The first-order chi connectivity index (χ1) is 12.9. The molecule has 0 bridgehead atoms. The predicted molar refractivity (Wildman–Crippen MR) is 102 cm³/mol. The lowest BCUT2D eigenvalue weighted by atomic mass is 10.2. The van der Waals surface area contributed by atoms with Crippen LogP contribution in [0.25, 0.3) is 6.08 Å². The normalized spacial score (nSPS) is 15.5. The van der Waals surface area contributed by atoms with Crippen molar-refractivity contribution in [3.63, 3.8) is 0 Å². The molecule has 6 nitrogen and oxygen atoms in total. The zero-order valence-electron chi connectivity index (χ0n) is 13.5. The first-order valence-electron chi connectivity index (χ1n) is 7.51. The average Bonchev–Trinajstić information content (AvgIpc) is 2.88. The minimum Gasteiger partial charge on any atom is -0.546 e. The van der Waals surface area contributed by atoms with Gasteiger partial charge in [0.15, 0.2) is 5.75 Å². The van der Waals surface area contributed by atoms with Gasteiger partial charge in [-0.15, -0.1) is 0 Å². The summed E-state index contributed by atoms with van der Waals surface area (Å²) in [5, 5.41) is 10.2. The summed E-state index contributed by atoms with van der Waals surface area (Å²) in [7, 11) is 0. The molecule has 2 amide bonds. The van der Waals surface area contributed by atoms with Crippen molar-refractivity contribution in [1.29, 1.82) is 0 Å². The summed E-state index contributed by atoms with van der Waals surface area (Å²) in [6, 6.07) is 11.5. The number of nitrogens with zero attached hydrogens (tertiary/aromatic N) is 1. The largest absolute Gasteiger partial charge is 0.546 e. The van der Waals surface area contributed by atoms with Crippen LogP contribution in [0.1, 0.15) is 5.56 Å². The number of carboxylic acids is 1. The van der Waals surface area contributed by atoms with E-state index in [0.29, 0.717) is 11.3 Å². The number of halogens is 2. The van der Waals surface area contributed by atoms with E-state index in [4.69, 9.17) is 27.9 Å². The number of aliphatic carboxylic acids is 1. The summed E-state index contributed by atoms with van der Waals surface area (Å²) in [5.74, 6) is -1.88. The highest BCUT2D eigenvalue weighted by Crippen LogP contribution is 2.38. The van der Waals surface area contributed by atoms with Crippen LogP contribution < -0.4 is 14.7 Å². The zero-order valence-corrected chi connectivity index (χ0v) is 15.8. The molecule has 0 unspecified atom stereocenters. The van der Waals surface area contributed by atoms with Crippen molar-refractivity contribution < 1.29 is 24.2 Å². The molecule has 1 fully saturated rings. The van der Waals surface area contributed by atoms with Crippen molar-refractivity contribution in [2.45, 2.75) is 0 Å².